The van der Waals surface area contributed by atoms with Gasteiger partial charge in [0.2, 0.25) is 0 Å². The van der Waals surface area contributed by atoms with Crippen molar-refractivity contribution in [2.24, 2.45) is 0 Å². The second-order valence-corrected chi connectivity index (χ2v) is 3.52. The van der Waals surface area contributed by atoms with Gasteiger partial charge < -0.3 is 10.6 Å². The fourth-order valence-electron chi connectivity index (χ4n) is 1.42. The molecule has 0 atom stereocenters. The highest BCUT2D eigenvalue weighted by Crippen LogP contribution is 2.12. The molecule has 0 saturated carbocycles. The maximum Gasteiger partial charge on any atom is 0.134 e. The zero-order valence-electron chi connectivity index (χ0n) is 9.04. The second kappa shape index (κ2) is 4.57. The first-order chi connectivity index (χ1) is 7.75. The standard InChI is InChI=1S/C11H13N5/c1-16(7-9-3-2-4-13-6-9)11-5-10(12)14-8-15-11/h2-6,8H,7H2,1H3,(H2,12,14,15). The number of nitrogen functional groups attached to an aromatic ring is 1. The molecule has 2 heterocycles. The molecule has 0 fully saturated rings. The molecule has 0 aliphatic carbocycles. The van der Waals surface area contributed by atoms with Gasteiger partial charge in [0.25, 0.3) is 0 Å². The van der Waals surface area contributed by atoms with Crippen molar-refractivity contribution in [2.75, 3.05) is 17.7 Å². The third kappa shape index (κ3) is 2.44. The van der Waals surface area contributed by atoms with Crippen LogP contribution in [0.2, 0.25) is 0 Å². The number of nitrogens with zero attached hydrogens (tertiary/aromatic N) is 4. The van der Waals surface area contributed by atoms with Crippen molar-refractivity contribution in [3.05, 3.63) is 42.5 Å². The summed E-state index contributed by atoms with van der Waals surface area (Å²) in [5.74, 6) is 1.28. The van der Waals surface area contributed by atoms with Gasteiger partial charge in [-0.05, 0) is 11.6 Å². The first-order valence-corrected chi connectivity index (χ1v) is 4.93. The fourth-order valence-corrected chi connectivity index (χ4v) is 1.42. The monoisotopic (exact) mass is 215 g/mol. The highest BCUT2D eigenvalue weighted by Gasteiger charge is 2.03. The van der Waals surface area contributed by atoms with Gasteiger partial charge in [-0.1, -0.05) is 6.07 Å². The summed E-state index contributed by atoms with van der Waals surface area (Å²) in [6.07, 6.45) is 5.05. The Morgan fingerprint density at radius 2 is 2.25 bits per heavy atom. The molecule has 0 unspecified atom stereocenters. The van der Waals surface area contributed by atoms with E-state index in [1.807, 2.05) is 30.3 Å². The van der Waals surface area contributed by atoms with Crippen molar-refractivity contribution in [3.8, 4) is 0 Å². The van der Waals surface area contributed by atoms with E-state index in [1.54, 1.807) is 12.3 Å². The maximum atomic E-state index is 5.60. The summed E-state index contributed by atoms with van der Waals surface area (Å²) in [6.45, 7) is 0.740. The smallest absolute Gasteiger partial charge is 0.134 e. The fraction of sp³-hybridized carbons (Fsp3) is 0.182. The van der Waals surface area contributed by atoms with Gasteiger partial charge in [0.05, 0.1) is 0 Å². The lowest BCUT2D eigenvalue weighted by Gasteiger charge is -2.17. The highest BCUT2D eigenvalue weighted by atomic mass is 15.2. The zero-order chi connectivity index (χ0) is 11.4. The Hall–Kier alpha value is -2.17. The molecule has 5 heteroatoms. The summed E-state index contributed by atoms with van der Waals surface area (Å²) in [6, 6.07) is 5.68. The lowest BCUT2D eigenvalue weighted by Crippen LogP contribution is -2.18. The number of nitrogens with two attached hydrogens (primary N) is 1. The van der Waals surface area contributed by atoms with Crippen molar-refractivity contribution < 1.29 is 0 Å². The van der Waals surface area contributed by atoms with Gasteiger partial charge in [-0.3, -0.25) is 4.98 Å². The van der Waals surface area contributed by atoms with Gasteiger partial charge >= 0.3 is 0 Å². The van der Waals surface area contributed by atoms with Crippen LogP contribution in [-0.4, -0.2) is 22.0 Å². The molecule has 0 spiro atoms. The molecular formula is C11H13N5. The average Bonchev–Trinajstić information content (AvgIpc) is 2.30. The van der Waals surface area contributed by atoms with Gasteiger partial charge in [0.1, 0.15) is 18.0 Å². The molecule has 0 aliphatic rings. The molecule has 0 radical (unpaired) electrons. The Balaban J connectivity index is 2.12. The van der Waals surface area contributed by atoms with Crippen LogP contribution < -0.4 is 10.6 Å². The predicted molar refractivity (Wildman–Crippen MR) is 62.8 cm³/mol. The average molecular weight is 215 g/mol. The third-order valence-corrected chi connectivity index (χ3v) is 2.21. The SMILES string of the molecule is CN(Cc1cccnc1)c1cc(N)ncn1. The van der Waals surface area contributed by atoms with Crippen LogP contribution >= 0.6 is 0 Å². The van der Waals surface area contributed by atoms with E-state index in [9.17, 15) is 0 Å². The number of hydrogen-bond donors (Lipinski definition) is 1. The minimum absolute atomic E-state index is 0.475. The van der Waals surface area contributed by atoms with Crippen molar-refractivity contribution in [2.45, 2.75) is 6.54 Å². The van der Waals surface area contributed by atoms with Crippen LogP contribution in [0.15, 0.2) is 36.9 Å². The van der Waals surface area contributed by atoms with Gasteiger partial charge in [0.15, 0.2) is 0 Å². The molecule has 0 aromatic carbocycles. The number of anilines is 2. The highest BCUT2D eigenvalue weighted by molar-refractivity contribution is 5.45. The molecule has 0 saturated heterocycles. The Morgan fingerprint density at radius 1 is 1.38 bits per heavy atom. The molecule has 2 aromatic rings. The van der Waals surface area contributed by atoms with E-state index in [2.05, 4.69) is 15.0 Å². The molecule has 5 nitrogen and oxygen atoms in total. The number of pyridine rings is 1. The summed E-state index contributed by atoms with van der Waals surface area (Å²) in [4.78, 5) is 14.1. The van der Waals surface area contributed by atoms with E-state index in [-0.39, 0.29) is 0 Å². The van der Waals surface area contributed by atoms with E-state index < -0.39 is 0 Å². The molecule has 16 heavy (non-hydrogen) atoms. The van der Waals surface area contributed by atoms with E-state index in [4.69, 9.17) is 5.73 Å². The zero-order valence-corrected chi connectivity index (χ0v) is 9.04. The molecule has 2 N–H and O–H groups in total. The molecule has 2 aromatic heterocycles. The second-order valence-electron chi connectivity index (χ2n) is 3.52. The minimum Gasteiger partial charge on any atom is -0.384 e. The van der Waals surface area contributed by atoms with Gasteiger partial charge in [-0.2, -0.15) is 0 Å². The van der Waals surface area contributed by atoms with Gasteiger partial charge in [-0.25, -0.2) is 9.97 Å². The largest absolute Gasteiger partial charge is 0.384 e. The maximum absolute atomic E-state index is 5.60. The first kappa shape index (κ1) is 10.4. The number of hydrogen-bond acceptors (Lipinski definition) is 5. The summed E-state index contributed by atoms with van der Waals surface area (Å²) in [7, 11) is 1.95. The molecule has 82 valence electrons. The lowest BCUT2D eigenvalue weighted by molar-refractivity contribution is 0.886. The first-order valence-electron chi connectivity index (χ1n) is 4.93. The van der Waals surface area contributed by atoms with Crippen molar-refractivity contribution in [1.29, 1.82) is 0 Å². The Morgan fingerprint density at radius 3 is 2.94 bits per heavy atom. The van der Waals surface area contributed by atoms with Crippen LogP contribution in [0.5, 0.6) is 0 Å². The van der Waals surface area contributed by atoms with E-state index in [0.717, 1.165) is 17.9 Å². The number of aromatic nitrogens is 3. The number of rotatable bonds is 3. The van der Waals surface area contributed by atoms with Gasteiger partial charge in [0, 0.05) is 32.1 Å². The van der Waals surface area contributed by atoms with Crippen LogP contribution in [0.4, 0.5) is 11.6 Å². The summed E-state index contributed by atoms with van der Waals surface area (Å²) >= 11 is 0. The minimum atomic E-state index is 0.475. The van der Waals surface area contributed by atoms with Crippen molar-refractivity contribution in [1.82, 2.24) is 15.0 Å². The lowest BCUT2D eigenvalue weighted by atomic mass is 10.3. The van der Waals surface area contributed by atoms with Crippen LogP contribution in [-0.2, 0) is 6.54 Å². The predicted octanol–water partition coefficient (Wildman–Crippen LogP) is 1.09. The van der Waals surface area contributed by atoms with E-state index in [1.165, 1.54) is 6.33 Å². The normalized spacial score (nSPS) is 10.1. The van der Waals surface area contributed by atoms with Crippen LogP contribution in [0.25, 0.3) is 0 Å². The molecule has 2 rings (SSSR count). The quantitative estimate of drug-likeness (QED) is 0.830. The van der Waals surface area contributed by atoms with Crippen LogP contribution in [0.1, 0.15) is 5.56 Å². The van der Waals surface area contributed by atoms with Crippen LogP contribution in [0, 0.1) is 0 Å². The third-order valence-electron chi connectivity index (χ3n) is 2.21. The Bertz CT molecular complexity index is 457. The van der Waals surface area contributed by atoms with Crippen LogP contribution in [0.3, 0.4) is 0 Å². The van der Waals surface area contributed by atoms with Gasteiger partial charge in [-0.15, -0.1) is 0 Å². The van der Waals surface area contributed by atoms with Crippen molar-refractivity contribution in [3.63, 3.8) is 0 Å². The van der Waals surface area contributed by atoms with E-state index in [0.29, 0.717) is 5.82 Å². The Labute approximate surface area is 94.0 Å². The van der Waals surface area contributed by atoms with Crippen molar-refractivity contribution >= 4 is 11.6 Å². The Kier molecular flexibility index (Phi) is 2.95. The molecule has 0 aliphatic heterocycles. The summed E-state index contributed by atoms with van der Waals surface area (Å²) in [5.41, 5.74) is 6.73. The molecule has 0 bridgehead atoms. The molecular weight excluding hydrogens is 202 g/mol. The van der Waals surface area contributed by atoms with E-state index >= 15 is 0 Å². The molecule has 0 amide bonds. The summed E-state index contributed by atoms with van der Waals surface area (Å²) < 4.78 is 0. The summed E-state index contributed by atoms with van der Waals surface area (Å²) in [5, 5.41) is 0. The topological polar surface area (TPSA) is 67.9 Å².